The van der Waals surface area contributed by atoms with E-state index in [1.165, 1.54) is 6.07 Å². The molecule has 0 aliphatic heterocycles. The van der Waals surface area contributed by atoms with Crippen LogP contribution in [0.4, 0.5) is 4.39 Å². The van der Waals surface area contributed by atoms with E-state index >= 15 is 0 Å². The zero-order valence-electron chi connectivity index (χ0n) is 16.4. The summed E-state index contributed by atoms with van der Waals surface area (Å²) in [6, 6.07) is 16.3. The fraction of sp³-hybridized carbons (Fsp3) is 0.174. The van der Waals surface area contributed by atoms with Crippen LogP contribution in [-0.2, 0) is 10.3 Å². The average Bonchev–Trinajstić information content (AvgIpc) is 2.70. The summed E-state index contributed by atoms with van der Waals surface area (Å²) in [7, 11) is 0. The van der Waals surface area contributed by atoms with Gasteiger partial charge in [0.25, 0.3) is 0 Å². The number of benzene rings is 3. The summed E-state index contributed by atoms with van der Waals surface area (Å²) in [6.07, 6.45) is 0.631. The molecule has 0 aliphatic carbocycles. The van der Waals surface area contributed by atoms with Gasteiger partial charge in [-0.3, -0.25) is 0 Å². The maximum Gasteiger partial charge on any atom is 0.148 e. The molecular formula is C23H21Cl3FNO2. The number of ether oxygens (including phenoxy) is 1. The summed E-state index contributed by atoms with van der Waals surface area (Å²) in [5, 5.41) is 0.680. The van der Waals surface area contributed by atoms with E-state index in [0.29, 0.717) is 44.3 Å². The van der Waals surface area contributed by atoms with E-state index < -0.39 is 5.54 Å². The van der Waals surface area contributed by atoms with E-state index in [9.17, 15) is 9.18 Å². The van der Waals surface area contributed by atoms with Crippen molar-refractivity contribution in [3.63, 3.8) is 0 Å². The normalized spacial score (nSPS) is 12.8. The molecule has 3 nitrogen and oxygen atoms in total. The predicted octanol–water partition coefficient (Wildman–Crippen LogP) is 6.41. The molecule has 0 saturated heterocycles. The van der Waals surface area contributed by atoms with Crippen molar-refractivity contribution in [3.05, 3.63) is 87.7 Å². The van der Waals surface area contributed by atoms with Gasteiger partial charge in [0.2, 0.25) is 0 Å². The fourth-order valence-corrected chi connectivity index (χ4v) is 3.35. The van der Waals surface area contributed by atoms with Crippen LogP contribution in [0, 0.1) is 5.82 Å². The molecule has 2 N–H and O–H groups in total. The number of nitrogens with two attached hydrogens (primary N) is 1. The highest BCUT2D eigenvalue weighted by Crippen LogP contribution is 2.33. The Morgan fingerprint density at radius 3 is 2.17 bits per heavy atom. The lowest BCUT2D eigenvalue weighted by Gasteiger charge is -2.25. The van der Waals surface area contributed by atoms with Gasteiger partial charge in [-0.2, -0.15) is 0 Å². The van der Waals surface area contributed by atoms with Crippen LogP contribution in [0.1, 0.15) is 25.0 Å². The Labute approximate surface area is 191 Å². The Balaban J connectivity index is 0.00000320. The highest BCUT2D eigenvalue weighted by molar-refractivity contribution is 6.42. The Bertz CT molecular complexity index is 1040. The van der Waals surface area contributed by atoms with Crippen molar-refractivity contribution in [2.24, 2.45) is 5.73 Å². The molecule has 0 heterocycles. The first-order chi connectivity index (χ1) is 13.7. The third kappa shape index (κ3) is 4.96. The largest absolute Gasteiger partial charge is 0.491 e. The number of rotatable bonds is 6. The molecule has 3 rings (SSSR count). The number of carbonyl (C=O) groups excluding carboxylic acids is 1. The number of hydrogen-bond acceptors (Lipinski definition) is 3. The molecular weight excluding hydrogens is 448 g/mol. The molecule has 0 fully saturated rings. The van der Waals surface area contributed by atoms with Crippen LogP contribution in [0.3, 0.4) is 0 Å². The van der Waals surface area contributed by atoms with E-state index in [0.717, 1.165) is 0 Å². The van der Waals surface area contributed by atoms with Crippen molar-refractivity contribution in [2.45, 2.75) is 25.5 Å². The quantitative estimate of drug-likeness (QED) is 0.425. The maximum absolute atomic E-state index is 14.4. The molecule has 158 valence electrons. The first-order valence-electron chi connectivity index (χ1n) is 9.02. The molecule has 0 bridgehead atoms. The highest BCUT2D eigenvalue weighted by Gasteiger charge is 2.30. The molecule has 3 aromatic carbocycles. The number of carbonyl (C=O) groups is 1. The number of aldehydes is 1. The molecule has 0 radical (unpaired) electrons. The molecule has 0 aliphatic rings. The minimum absolute atomic E-state index is 0. The Morgan fingerprint density at radius 1 is 0.967 bits per heavy atom. The van der Waals surface area contributed by atoms with Gasteiger partial charge >= 0.3 is 0 Å². The topological polar surface area (TPSA) is 52.3 Å². The monoisotopic (exact) mass is 467 g/mol. The van der Waals surface area contributed by atoms with Gasteiger partial charge in [0.15, 0.2) is 0 Å². The molecule has 0 aromatic heterocycles. The van der Waals surface area contributed by atoms with E-state index in [1.807, 2.05) is 13.8 Å². The zero-order valence-corrected chi connectivity index (χ0v) is 18.7. The van der Waals surface area contributed by atoms with Gasteiger partial charge in [0.1, 0.15) is 23.4 Å². The van der Waals surface area contributed by atoms with Crippen molar-refractivity contribution in [1.29, 1.82) is 0 Å². The van der Waals surface area contributed by atoms with Gasteiger partial charge in [0, 0.05) is 5.56 Å². The Morgan fingerprint density at radius 2 is 1.60 bits per heavy atom. The van der Waals surface area contributed by atoms with Crippen LogP contribution < -0.4 is 10.5 Å². The van der Waals surface area contributed by atoms with Gasteiger partial charge < -0.3 is 15.3 Å². The predicted molar refractivity (Wildman–Crippen MR) is 122 cm³/mol. The van der Waals surface area contributed by atoms with Crippen molar-refractivity contribution >= 4 is 41.9 Å². The summed E-state index contributed by atoms with van der Waals surface area (Å²) in [5.41, 5.74) is 7.08. The summed E-state index contributed by atoms with van der Waals surface area (Å²) in [4.78, 5) is 11.9. The summed E-state index contributed by atoms with van der Waals surface area (Å²) in [6.45, 7) is 3.81. The second-order valence-corrected chi connectivity index (χ2v) is 7.82. The molecule has 1 unspecified atom stereocenters. The zero-order chi connectivity index (χ0) is 21.2. The lowest BCUT2D eigenvalue weighted by atomic mass is 9.84. The van der Waals surface area contributed by atoms with Gasteiger partial charge in [-0.1, -0.05) is 53.5 Å². The van der Waals surface area contributed by atoms with Crippen LogP contribution in [-0.4, -0.2) is 12.4 Å². The van der Waals surface area contributed by atoms with Crippen molar-refractivity contribution in [2.75, 3.05) is 0 Å². The lowest BCUT2D eigenvalue weighted by Crippen LogP contribution is -2.39. The Hall–Kier alpha value is -2.11. The summed E-state index contributed by atoms with van der Waals surface area (Å²) < 4.78 is 20.0. The Kier molecular flexibility index (Phi) is 7.89. The molecule has 30 heavy (non-hydrogen) atoms. The third-order valence-electron chi connectivity index (χ3n) is 4.57. The lowest BCUT2D eigenvalue weighted by molar-refractivity contribution is -0.111. The molecule has 0 amide bonds. The van der Waals surface area contributed by atoms with E-state index in [2.05, 4.69) is 0 Å². The van der Waals surface area contributed by atoms with Crippen molar-refractivity contribution < 1.29 is 13.9 Å². The standard InChI is InChI=1S/C23H20Cl2FNO2.ClH/c1-14(2)29-18-8-10-22(26)19(12-18)15-3-5-16(6-4-15)23(27,13-28)17-7-9-20(24)21(25)11-17;/h3-14H,27H2,1-2H3;1H. The molecule has 7 heteroatoms. The molecule has 3 aromatic rings. The SMILES string of the molecule is CC(C)Oc1ccc(F)c(-c2ccc(C(N)(C=O)c3ccc(Cl)c(Cl)c3)cc2)c1.Cl. The molecule has 1 atom stereocenters. The van der Waals surface area contributed by atoms with Gasteiger partial charge in [0.05, 0.1) is 16.1 Å². The maximum atomic E-state index is 14.4. The smallest absolute Gasteiger partial charge is 0.148 e. The van der Waals surface area contributed by atoms with Crippen LogP contribution in [0.25, 0.3) is 11.1 Å². The molecule has 0 spiro atoms. The van der Waals surface area contributed by atoms with Gasteiger partial charge in [-0.25, -0.2) is 4.39 Å². The van der Waals surface area contributed by atoms with Crippen molar-refractivity contribution in [3.8, 4) is 16.9 Å². The number of halogens is 4. The highest BCUT2D eigenvalue weighted by atomic mass is 35.5. The van der Waals surface area contributed by atoms with Gasteiger partial charge in [-0.05, 0) is 60.9 Å². The van der Waals surface area contributed by atoms with Crippen LogP contribution in [0.15, 0.2) is 60.7 Å². The first-order valence-corrected chi connectivity index (χ1v) is 9.78. The fourth-order valence-electron chi connectivity index (χ4n) is 3.05. The second kappa shape index (κ2) is 9.80. The van der Waals surface area contributed by atoms with Gasteiger partial charge in [-0.15, -0.1) is 12.4 Å². The third-order valence-corrected chi connectivity index (χ3v) is 5.31. The van der Waals surface area contributed by atoms with Crippen LogP contribution >= 0.6 is 35.6 Å². The van der Waals surface area contributed by atoms with E-state index in [1.54, 1.807) is 54.6 Å². The summed E-state index contributed by atoms with van der Waals surface area (Å²) >= 11 is 12.0. The second-order valence-electron chi connectivity index (χ2n) is 7.00. The average molecular weight is 469 g/mol. The first kappa shape index (κ1) is 24.2. The minimum Gasteiger partial charge on any atom is -0.491 e. The number of hydrogen-bond donors (Lipinski definition) is 1. The van der Waals surface area contributed by atoms with E-state index in [4.69, 9.17) is 33.7 Å². The minimum atomic E-state index is -1.41. The van der Waals surface area contributed by atoms with E-state index in [-0.39, 0.29) is 24.3 Å². The molecule has 0 saturated carbocycles. The summed E-state index contributed by atoms with van der Waals surface area (Å²) in [5.74, 6) is 0.213. The van der Waals surface area contributed by atoms with Crippen LogP contribution in [0.5, 0.6) is 5.75 Å². The van der Waals surface area contributed by atoms with Crippen LogP contribution in [0.2, 0.25) is 10.0 Å². The van der Waals surface area contributed by atoms with Crippen molar-refractivity contribution in [1.82, 2.24) is 0 Å².